The number of likely N-dealkylation sites (tertiary alicyclic amines) is 2. The molecule has 0 aromatic carbocycles. The van der Waals surface area contributed by atoms with Crippen LogP contribution >= 0.6 is 0 Å². The molecular weight excluding hydrogens is 340 g/mol. The molecule has 0 N–H and O–H groups in total. The molecule has 27 heavy (non-hydrogen) atoms. The van der Waals surface area contributed by atoms with E-state index in [4.69, 9.17) is 4.98 Å². The van der Waals surface area contributed by atoms with Gasteiger partial charge in [-0.05, 0) is 52.0 Å². The predicted molar refractivity (Wildman–Crippen MR) is 105 cm³/mol. The van der Waals surface area contributed by atoms with Crippen LogP contribution in [0.4, 0.5) is 0 Å². The molecule has 148 valence electrons. The Labute approximate surface area is 161 Å². The molecule has 2 saturated heterocycles. The molecule has 2 fully saturated rings. The number of nitrogens with zero attached hydrogens (tertiary/aromatic N) is 4. The maximum Gasteiger partial charge on any atom is 0.253 e. The van der Waals surface area contributed by atoms with Gasteiger partial charge in [0.2, 0.25) is 5.91 Å². The highest BCUT2D eigenvalue weighted by Gasteiger charge is 2.30. The lowest BCUT2D eigenvalue weighted by molar-refractivity contribution is -0.135. The molecule has 0 bridgehead atoms. The first kappa shape index (κ1) is 18.7. The van der Waals surface area contributed by atoms with Crippen LogP contribution in [-0.4, -0.2) is 57.5 Å². The van der Waals surface area contributed by atoms with Gasteiger partial charge in [0.25, 0.3) is 5.56 Å². The van der Waals surface area contributed by atoms with Gasteiger partial charge in [0, 0.05) is 44.1 Å². The zero-order chi connectivity index (χ0) is 18.8. The van der Waals surface area contributed by atoms with E-state index >= 15 is 0 Å². The van der Waals surface area contributed by atoms with Gasteiger partial charge in [0.1, 0.15) is 5.82 Å². The molecule has 1 amide bonds. The number of aromatic nitrogens is 2. The summed E-state index contributed by atoms with van der Waals surface area (Å²) in [5.41, 5.74) is 1.04. The number of amides is 1. The Morgan fingerprint density at radius 2 is 1.96 bits per heavy atom. The number of hydrogen-bond donors (Lipinski definition) is 0. The molecule has 0 spiro atoms. The van der Waals surface area contributed by atoms with Crippen molar-refractivity contribution in [1.29, 1.82) is 0 Å². The Hall–Kier alpha value is -1.69. The second kappa shape index (κ2) is 8.13. The Balaban J connectivity index is 1.41. The van der Waals surface area contributed by atoms with Crippen molar-refractivity contribution in [3.05, 3.63) is 27.9 Å². The summed E-state index contributed by atoms with van der Waals surface area (Å²) in [6.45, 7) is 6.13. The van der Waals surface area contributed by atoms with E-state index in [1.54, 1.807) is 6.07 Å². The van der Waals surface area contributed by atoms with Crippen LogP contribution in [-0.2, 0) is 17.8 Å². The van der Waals surface area contributed by atoms with Gasteiger partial charge in [0.05, 0.1) is 12.2 Å². The molecule has 0 radical (unpaired) electrons. The van der Waals surface area contributed by atoms with E-state index in [9.17, 15) is 9.59 Å². The highest BCUT2D eigenvalue weighted by Crippen LogP contribution is 2.26. The Kier molecular flexibility index (Phi) is 5.62. The third-order valence-corrected chi connectivity index (χ3v) is 6.56. The Bertz CT molecular complexity index is 744. The summed E-state index contributed by atoms with van der Waals surface area (Å²) in [7, 11) is 0. The van der Waals surface area contributed by atoms with E-state index in [-0.39, 0.29) is 17.4 Å². The van der Waals surface area contributed by atoms with E-state index in [1.807, 2.05) is 4.57 Å². The standard InChI is InChI=1S/C21H32N4O2/c1-16-7-4-6-10-24(16)21(27)15-23-12-9-17(14-23)18-13-20(26)25-11-5-2-3-8-19(25)22-18/h13,16-17H,2-12,14-15H2,1H3/t16-,17+/m0/s1. The summed E-state index contributed by atoms with van der Waals surface area (Å²) in [5.74, 6) is 1.50. The molecule has 6 nitrogen and oxygen atoms in total. The SMILES string of the molecule is C[C@H]1CCCCN1C(=O)CN1CC[C@@H](c2cc(=O)n3c(n2)CCCCC3)C1. The predicted octanol–water partition coefficient (Wildman–Crippen LogP) is 2.16. The summed E-state index contributed by atoms with van der Waals surface area (Å²) in [5, 5.41) is 0. The fourth-order valence-corrected chi connectivity index (χ4v) is 4.91. The molecule has 4 heterocycles. The van der Waals surface area contributed by atoms with Crippen LogP contribution < -0.4 is 5.56 Å². The number of hydrogen-bond acceptors (Lipinski definition) is 4. The van der Waals surface area contributed by atoms with Crippen LogP contribution in [0.1, 0.15) is 69.3 Å². The summed E-state index contributed by atoms with van der Waals surface area (Å²) >= 11 is 0. The molecule has 4 rings (SSSR count). The number of rotatable bonds is 3. The fourth-order valence-electron chi connectivity index (χ4n) is 4.91. The number of piperidine rings is 1. The zero-order valence-electron chi connectivity index (χ0n) is 16.5. The van der Waals surface area contributed by atoms with Crippen LogP contribution in [0.25, 0.3) is 0 Å². The van der Waals surface area contributed by atoms with E-state index in [0.717, 1.165) is 76.2 Å². The van der Waals surface area contributed by atoms with Gasteiger partial charge < -0.3 is 4.90 Å². The highest BCUT2D eigenvalue weighted by molar-refractivity contribution is 5.78. The van der Waals surface area contributed by atoms with Crippen molar-refractivity contribution < 1.29 is 4.79 Å². The number of carbonyl (C=O) groups excluding carboxylic acids is 1. The summed E-state index contributed by atoms with van der Waals surface area (Å²) in [4.78, 5) is 34.4. The summed E-state index contributed by atoms with van der Waals surface area (Å²) in [6, 6.07) is 2.12. The van der Waals surface area contributed by atoms with Crippen LogP contribution in [0, 0.1) is 0 Å². The monoisotopic (exact) mass is 372 g/mol. The quantitative estimate of drug-likeness (QED) is 0.816. The van der Waals surface area contributed by atoms with Crippen molar-refractivity contribution in [2.45, 2.75) is 76.8 Å². The molecule has 2 atom stereocenters. The van der Waals surface area contributed by atoms with E-state index in [0.29, 0.717) is 12.6 Å². The first-order valence-corrected chi connectivity index (χ1v) is 10.7. The maximum absolute atomic E-state index is 12.7. The van der Waals surface area contributed by atoms with E-state index in [2.05, 4.69) is 16.7 Å². The minimum atomic E-state index is 0.105. The van der Waals surface area contributed by atoms with Gasteiger partial charge in [0.15, 0.2) is 0 Å². The lowest BCUT2D eigenvalue weighted by Crippen LogP contribution is -2.46. The highest BCUT2D eigenvalue weighted by atomic mass is 16.2. The number of fused-ring (bicyclic) bond motifs is 1. The molecule has 1 aromatic heterocycles. The topological polar surface area (TPSA) is 58.4 Å². The molecule has 1 aromatic rings. The smallest absolute Gasteiger partial charge is 0.253 e. The van der Waals surface area contributed by atoms with Gasteiger partial charge in [-0.3, -0.25) is 19.1 Å². The molecule has 3 aliphatic heterocycles. The largest absolute Gasteiger partial charge is 0.339 e. The van der Waals surface area contributed by atoms with Crippen LogP contribution in [0.15, 0.2) is 10.9 Å². The zero-order valence-corrected chi connectivity index (χ0v) is 16.5. The van der Waals surface area contributed by atoms with Crippen LogP contribution in [0.5, 0.6) is 0 Å². The van der Waals surface area contributed by atoms with Gasteiger partial charge >= 0.3 is 0 Å². The number of aryl methyl sites for hydroxylation is 1. The first-order valence-electron chi connectivity index (χ1n) is 10.7. The average Bonchev–Trinajstić information content (AvgIpc) is 2.98. The third kappa shape index (κ3) is 4.10. The minimum absolute atomic E-state index is 0.105. The van der Waals surface area contributed by atoms with Gasteiger partial charge in [-0.2, -0.15) is 0 Å². The fraction of sp³-hybridized carbons (Fsp3) is 0.762. The summed E-state index contributed by atoms with van der Waals surface area (Å²) in [6.07, 6.45) is 8.74. The second-order valence-corrected chi connectivity index (χ2v) is 8.55. The molecular formula is C21H32N4O2. The Morgan fingerprint density at radius 1 is 1.11 bits per heavy atom. The molecule has 3 aliphatic rings. The molecule has 0 aliphatic carbocycles. The number of carbonyl (C=O) groups is 1. The lowest BCUT2D eigenvalue weighted by Gasteiger charge is -2.34. The van der Waals surface area contributed by atoms with Gasteiger partial charge in [-0.25, -0.2) is 4.98 Å². The molecule has 0 saturated carbocycles. The normalized spacial score (nSPS) is 26.6. The van der Waals surface area contributed by atoms with E-state index in [1.165, 1.54) is 12.8 Å². The van der Waals surface area contributed by atoms with E-state index < -0.39 is 0 Å². The third-order valence-electron chi connectivity index (χ3n) is 6.56. The molecule has 0 unspecified atom stereocenters. The summed E-state index contributed by atoms with van der Waals surface area (Å²) < 4.78 is 1.87. The van der Waals surface area contributed by atoms with Crippen molar-refractivity contribution >= 4 is 5.91 Å². The minimum Gasteiger partial charge on any atom is -0.339 e. The van der Waals surface area contributed by atoms with Gasteiger partial charge in [-0.15, -0.1) is 0 Å². The van der Waals surface area contributed by atoms with Crippen LogP contribution in [0.3, 0.4) is 0 Å². The van der Waals surface area contributed by atoms with Crippen LogP contribution in [0.2, 0.25) is 0 Å². The lowest BCUT2D eigenvalue weighted by atomic mass is 10.0. The maximum atomic E-state index is 12.7. The molecule has 6 heteroatoms. The van der Waals surface area contributed by atoms with Crippen molar-refractivity contribution in [2.24, 2.45) is 0 Å². The first-order chi connectivity index (χ1) is 13.1. The van der Waals surface area contributed by atoms with Gasteiger partial charge in [-0.1, -0.05) is 6.42 Å². The van der Waals surface area contributed by atoms with Crippen molar-refractivity contribution in [2.75, 3.05) is 26.2 Å². The average molecular weight is 373 g/mol. The Morgan fingerprint density at radius 3 is 2.81 bits per heavy atom. The van der Waals surface area contributed by atoms with Crippen molar-refractivity contribution in [3.8, 4) is 0 Å². The van der Waals surface area contributed by atoms with Crippen molar-refractivity contribution in [1.82, 2.24) is 19.4 Å². The van der Waals surface area contributed by atoms with Crippen molar-refractivity contribution in [3.63, 3.8) is 0 Å². The second-order valence-electron chi connectivity index (χ2n) is 8.55.